The molecule has 0 bridgehead atoms. The van der Waals surface area contributed by atoms with Crippen molar-refractivity contribution in [3.05, 3.63) is 35.9 Å². The van der Waals surface area contributed by atoms with Crippen molar-refractivity contribution in [2.45, 2.75) is 51.4 Å². The van der Waals surface area contributed by atoms with Gasteiger partial charge in [0.15, 0.2) is 5.78 Å². The van der Waals surface area contributed by atoms with E-state index in [1.165, 1.54) is 0 Å². The van der Waals surface area contributed by atoms with Crippen molar-refractivity contribution in [2.75, 3.05) is 5.88 Å². The molecule has 0 aliphatic carbocycles. The summed E-state index contributed by atoms with van der Waals surface area (Å²) in [6.07, 6.45) is 1.45. The average Bonchev–Trinajstić information content (AvgIpc) is 2.49. The Morgan fingerprint density at radius 3 is 2.60 bits per heavy atom. The van der Waals surface area contributed by atoms with Gasteiger partial charge < -0.3 is 9.84 Å². The molecule has 0 aromatic heterocycles. The summed E-state index contributed by atoms with van der Waals surface area (Å²) in [6, 6.07) is 9.70. The van der Waals surface area contributed by atoms with Crippen LogP contribution < -0.4 is 0 Å². The van der Waals surface area contributed by atoms with Gasteiger partial charge in [0.05, 0.1) is 12.7 Å². The summed E-state index contributed by atoms with van der Waals surface area (Å²) in [5.41, 5.74) is 1.03. The van der Waals surface area contributed by atoms with Gasteiger partial charge in [0.25, 0.3) is 0 Å². The van der Waals surface area contributed by atoms with Crippen LogP contribution in [0.25, 0.3) is 0 Å². The fraction of sp³-hybridized carbons (Fsp3) is 0.562. The second-order valence-corrected chi connectivity index (χ2v) is 5.29. The van der Waals surface area contributed by atoms with Crippen molar-refractivity contribution in [1.82, 2.24) is 0 Å². The van der Waals surface area contributed by atoms with Gasteiger partial charge in [0, 0.05) is 12.3 Å². The first kappa shape index (κ1) is 17.2. The van der Waals surface area contributed by atoms with E-state index in [0.717, 1.165) is 24.8 Å². The van der Waals surface area contributed by atoms with E-state index in [4.69, 9.17) is 16.3 Å². The molecule has 1 aromatic carbocycles. The van der Waals surface area contributed by atoms with E-state index in [9.17, 15) is 9.90 Å². The molecule has 0 fully saturated rings. The van der Waals surface area contributed by atoms with Crippen LogP contribution in [-0.4, -0.2) is 29.0 Å². The number of carbonyl (C=O) groups excluding carboxylic acids is 1. The minimum absolute atomic E-state index is 0.153. The molecule has 112 valence electrons. The number of benzene rings is 1. The molecule has 1 aromatic rings. The van der Waals surface area contributed by atoms with Crippen LogP contribution in [0.1, 0.15) is 38.2 Å². The van der Waals surface area contributed by atoms with Crippen LogP contribution in [0.2, 0.25) is 0 Å². The number of halogens is 1. The molecule has 0 saturated carbocycles. The summed E-state index contributed by atoms with van der Waals surface area (Å²) in [7, 11) is 0. The van der Waals surface area contributed by atoms with Crippen LogP contribution in [0.3, 0.4) is 0 Å². The van der Waals surface area contributed by atoms with Gasteiger partial charge >= 0.3 is 0 Å². The Morgan fingerprint density at radius 2 is 1.95 bits per heavy atom. The lowest BCUT2D eigenvalue weighted by Gasteiger charge is -2.18. The lowest BCUT2D eigenvalue weighted by Crippen LogP contribution is -2.33. The molecule has 2 atom stereocenters. The highest BCUT2D eigenvalue weighted by Crippen LogP contribution is 2.10. The smallest absolute Gasteiger partial charge is 0.163 e. The van der Waals surface area contributed by atoms with Gasteiger partial charge in [-0.15, -0.1) is 11.6 Å². The maximum atomic E-state index is 11.8. The largest absolute Gasteiger partial charge is 0.383 e. The predicted octanol–water partition coefficient (Wildman–Crippen LogP) is 3.32. The second-order valence-electron chi connectivity index (χ2n) is 4.91. The van der Waals surface area contributed by atoms with Gasteiger partial charge in [0.1, 0.15) is 6.10 Å². The Morgan fingerprint density at radius 1 is 1.25 bits per heavy atom. The molecule has 0 amide bonds. The standard InChI is InChI=1S/C16H23ClO3/c1-13(20-12-14-8-4-2-5-9-14)16(19)15(18)10-6-3-7-11-17/h2,4-5,8-9,13,16,19H,3,6-7,10-12H2,1H3/t13-,16+/m0/s1. The number of hydrogen-bond donors (Lipinski definition) is 1. The number of aliphatic hydroxyl groups is 1. The molecule has 0 spiro atoms. The summed E-state index contributed by atoms with van der Waals surface area (Å²) in [6.45, 7) is 2.13. The van der Waals surface area contributed by atoms with Gasteiger partial charge in [0.2, 0.25) is 0 Å². The fourth-order valence-corrected chi connectivity index (χ4v) is 2.06. The number of unbranched alkanes of at least 4 members (excludes halogenated alkanes) is 2. The molecule has 0 unspecified atom stereocenters. The molecule has 20 heavy (non-hydrogen) atoms. The number of ketones is 1. The van der Waals surface area contributed by atoms with Crippen LogP contribution in [0.15, 0.2) is 30.3 Å². The maximum absolute atomic E-state index is 11.8. The van der Waals surface area contributed by atoms with Gasteiger partial charge in [-0.05, 0) is 25.3 Å². The molecular formula is C16H23ClO3. The zero-order valence-electron chi connectivity index (χ0n) is 11.9. The van der Waals surface area contributed by atoms with Gasteiger partial charge in [-0.3, -0.25) is 4.79 Å². The molecule has 0 aliphatic heterocycles. The van der Waals surface area contributed by atoms with E-state index >= 15 is 0 Å². The van der Waals surface area contributed by atoms with Crippen molar-refractivity contribution in [1.29, 1.82) is 0 Å². The molecule has 0 aliphatic rings. The first-order chi connectivity index (χ1) is 9.65. The highest BCUT2D eigenvalue weighted by Gasteiger charge is 2.22. The third kappa shape index (κ3) is 6.51. The number of rotatable bonds is 10. The Labute approximate surface area is 125 Å². The molecule has 0 radical (unpaired) electrons. The zero-order valence-corrected chi connectivity index (χ0v) is 12.7. The topological polar surface area (TPSA) is 46.5 Å². The zero-order chi connectivity index (χ0) is 14.8. The summed E-state index contributed by atoms with van der Waals surface area (Å²) < 4.78 is 5.55. The Balaban J connectivity index is 2.27. The second kappa shape index (κ2) is 9.92. The van der Waals surface area contributed by atoms with Crippen molar-refractivity contribution in [2.24, 2.45) is 0 Å². The lowest BCUT2D eigenvalue weighted by atomic mass is 10.0. The van der Waals surface area contributed by atoms with Crippen LogP contribution in [0.4, 0.5) is 0 Å². The van der Waals surface area contributed by atoms with Crippen LogP contribution in [0.5, 0.6) is 0 Å². The van der Waals surface area contributed by atoms with Crippen molar-refractivity contribution in [3.8, 4) is 0 Å². The molecule has 3 nitrogen and oxygen atoms in total. The number of carbonyl (C=O) groups is 1. The lowest BCUT2D eigenvalue weighted by molar-refractivity contribution is -0.135. The average molecular weight is 299 g/mol. The van der Waals surface area contributed by atoms with E-state index in [1.807, 2.05) is 30.3 Å². The molecule has 1 rings (SSSR count). The summed E-state index contributed by atoms with van der Waals surface area (Å²) in [4.78, 5) is 11.8. The van der Waals surface area contributed by atoms with E-state index in [-0.39, 0.29) is 5.78 Å². The van der Waals surface area contributed by atoms with Crippen molar-refractivity contribution in [3.63, 3.8) is 0 Å². The predicted molar refractivity (Wildman–Crippen MR) is 80.9 cm³/mol. The summed E-state index contributed by atoms with van der Waals surface area (Å²) >= 11 is 5.57. The Bertz CT molecular complexity index is 381. The molecule has 0 heterocycles. The van der Waals surface area contributed by atoms with E-state index in [2.05, 4.69) is 0 Å². The van der Waals surface area contributed by atoms with Gasteiger partial charge in [-0.2, -0.15) is 0 Å². The highest BCUT2D eigenvalue weighted by molar-refractivity contribution is 6.17. The Kier molecular flexibility index (Phi) is 8.51. The minimum Gasteiger partial charge on any atom is -0.383 e. The summed E-state index contributed by atoms with van der Waals surface area (Å²) in [5, 5.41) is 9.92. The molecule has 0 saturated heterocycles. The normalized spacial score (nSPS) is 13.9. The van der Waals surface area contributed by atoms with Crippen LogP contribution in [0, 0.1) is 0 Å². The Hall–Kier alpha value is -0.900. The number of hydrogen-bond acceptors (Lipinski definition) is 3. The van der Waals surface area contributed by atoms with Gasteiger partial charge in [-0.1, -0.05) is 36.8 Å². The highest BCUT2D eigenvalue weighted by atomic mass is 35.5. The van der Waals surface area contributed by atoms with E-state index in [0.29, 0.717) is 18.9 Å². The van der Waals surface area contributed by atoms with Gasteiger partial charge in [-0.25, -0.2) is 0 Å². The van der Waals surface area contributed by atoms with E-state index in [1.54, 1.807) is 6.92 Å². The SMILES string of the molecule is C[C@H](OCc1ccccc1)[C@@H](O)C(=O)CCCCCCl. The third-order valence-electron chi connectivity index (χ3n) is 3.19. The number of Topliss-reactive ketones (excluding diaryl/α,β-unsaturated/α-hetero) is 1. The number of aliphatic hydroxyl groups excluding tert-OH is 1. The quantitative estimate of drug-likeness (QED) is 0.532. The first-order valence-electron chi connectivity index (χ1n) is 7.07. The number of alkyl halides is 1. The fourth-order valence-electron chi connectivity index (χ4n) is 1.87. The number of ether oxygens (including phenoxy) is 1. The van der Waals surface area contributed by atoms with Crippen molar-refractivity contribution >= 4 is 17.4 Å². The monoisotopic (exact) mass is 298 g/mol. The minimum atomic E-state index is -1.05. The van der Waals surface area contributed by atoms with Crippen molar-refractivity contribution < 1.29 is 14.6 Å². The summed E-state index contributed by atoms with van der Waals surface area (Å²) in [5.74, 6) is 0.466. The van der Waals surface area contributed by atoms with Crippen LogP contribution >= 0.6 is 11.6 Å². The molecule has 4 heteroatoms. The van der Waals surface area contributed by atoms with Crippen LogP contribution in [-0.2, 0) is 16.1 Å². The third-order valence-corrected chi connectivity index (χ3v) is 3.45. The molecule has 1 N–H and O–H groups in total. The van der Waals surface area contributed by atoms with E-state index < -0.39 is 12.2 Å². The first-order valence-corrected chi connectivity index (χ1v) is 7.61. The maximum Gasteiger partial charge on any atom is 0.163 e. The molecular weight excluding hydrogens is 276 g/mol.